The van der Waals surface area contributed by atoms with Crippen molar-refractivity contribution in [2.75, 3.05) is 0 Å². The van der Waals surface area contributed by atoms with Crippen molar-refractivity contribution in [3.63, 3.8) is 0 Å². The van der Waals surface area contributed by atoms with E-state index in [0.717, 1.165) is 0 Å². The minimum atomic E-state index is -0.762. The lowest BCUT2D eigenvalue weighted by atomic mass is 9.96. The summed E-state index contributed by atoms with van der Waals surface area (Å²) in [5, 5.41) is 11.9. The first-order chi connectivity index (χ1) is 19.0. The van der Waals surface area contributed by atoms with Crippen LogP contribution in [0.5, 0.6) is 0 Å². The summed E-state index contributed by atoms with van der Waals surface area (Å²) in [5.41, 5.74) is 2.12. The summed E-state index contributed by atoms with van der Waals surface area (Å²) in [5.74, 6) is 0.284. The number of allylic oxidation sites excluding steroid dienone is 1. The zero-order valence-electron chi connectivity index (χ0n) is 22.0. The molecule has 0 saturated carbocycles. The smallest absolute Gasteiger partial charge is 0.338 e. The molecule has 0 saturated heterocycles. The van der Waals surface area contributed by atoms with Gasteiger partial charge in [-0.3, -0.25) is 19.5 Å². The normalized spacial score (nSPS) is 15.2. The molecule has 3 heterocycles. The molecule has 5 rings (SSSR count). The van der Waals surface area contributed by atoms with Crippen molar-refractivity contribution in [3.8, 4) is 11.3 Å². The second-order valence-corrected chi connectivity index (χ2v) is 10.9. The van der Waals surface area contributed by atoms with Gasteiger partial charge in [0.25, 0.3) is 11.2 Å². The zero-order valence-corrected chi connectivity index (χ0v) is 23.6. The van der Waals surface area contributed by atoms with Gasteiger partial charge in [-0.05, 0) is 57.5 Å². The van der Waals surface area contributed by atoms with Gasteiger partial charge in [-0.25, -0.2) is 9.79 Å². The molecule has 2 aromatic heterocycles. The van der Waals surface area contributed by atoms with Crippen molar-refractivity contribution in [2.45, 2.75) is 39.8 Å². The average Bonchev–Trinajstić information content (AvgIpc) is 3.47. The van der Waals surface area contributed by atoms with E-state index >= 15 is 0 Å². The van der Waals surface area contributed by atoms with Gasteiger partial charge in [0.2, 0.25) is 0 Å². The summed E-state index contributed by atoms with van der Waals surface area (Å²) >= 11 is 7.29. The number of halogens is 1. The zero-order chi connectivity index (χ0) is 28.7. The van der Waals surface area contributed by atoms with Crippen molar-refractivity contribution < 1.29 is 18.9 Å². The molecule has 0 unspecified atom stereocenters. The van der Waals surface area contributed by atoms with Crippen LogP contribution < -0.4 is 14.9 Å². The maximum atomic E-state index is 13.8. The van der Waals surface area contributed by atoms with E-state index in [1.165, 1.54) is 22.0 Å². The van der Waals surface area contributed by atoms with Gasteiger partial charge < -0.3 is 9.15 Å². The number of rotatable bonds is 6. The molecule has 11 heteroatoms. The lowest BCUT2D eigenvalue weighted by Crippen LogP contribution is -2.40. The highest BCUT2D eigenvalue weighted by Crippen LogP contribution is 2.33. The molecule has 2 aromatic carbocycles. The van der Waals surface area contributed by atoms with E-state index in [1.807, 2.05) is 0 Å². The molecule has 0 fully saturated rings. The number of benzene rings is 2. The Hall–Kier alpha value is -4.28. The number of nitro benzene ring substituents is 1. The van der Waals surface area contributed by atoms with Crippen LogP contribution in [0, 0.1) is 17.0 Å². The highest BCUT2D eigenvalue weighted by molar-refractivity contribution is 7.07. The fourth-order valence-corrected chi connectivity index (χ4v) is 5.77. The lowest BCUT2D eigenvalue weighted by Gasteiger charge is -2.25. The third-order valence-electron chi connectivity index (χ3n) is 6.44. The minimum Gasteiger partial charge on any atom is -0.459 e. The number of furan rings is 1. The number of carbonyl (C=O) groups excluding carboxylic acids is 1. The van der Waals surface area contributed by atoms with E-state index in [4.69, 9.17) is 20.8 Å². The predicted molar refractivity (Wildman–Crippen MR) is 152 cm³/mol. The Morgan fingerprint density at radius 3 is 2.58 bits per heavy atom. The fraction of sp³-hybridized carbons (Fsp3) is 0.207. The average molecular weight is 578 g/mol. The highest BCUT2D eigenvalue weighted by Gasteiger charge is 2.33. The van der Waals surface area contributed by atoms with Gasteiger partial charge in [-0.2, -0.15) is 0 Å². The van der Waals surface area contributed by atoms with Crippen LogP contribution in [0.2, 0.25) is 5.02 Å². The lowest BCUT2D eigenvalue weighted by molar-refractivity contribution is -0.385. The van der Waals surface area contributed by atoms with E-state index in [1.54, 1.807) is 82.3 Å². The monoisotopic (exact) mass is 577 g/mol. The number of ether oxygens (including phenoxy) is 1. The van der Waals surface area contributed by atoms with Crippen LogP contribution in [0.4, 0.5) is 5.69 Å². The molecule has 0 spiro atoms. The maximum Gasteiger partial charge on any atom is 0.338 e. The number of carbonyl (C=O) groups is 1. The largest absolute Gasteiger partial charge is 0.459 e. The standard InChI is InChI=1S/C29H24ClN3O6S/c1-15(2)38-28(35)25-17(4)31-29-32(26(25)18-8-10-19(30)11-9-18)27(34)24(40-29)14-20-12-13-23(39-20)21-6-5-7-22(16(21)3)33(36)37/h5-15,26H,1-4H3/b24-14-/t26-/m0/s1. The Labute approximate surface area is 237 Å². The van der Waals surface area contributed by atoms with Crippen LogP contribution in [0.15, 0.2) is 80.1 Å². The molecule has 0 aliphatic carbocycles. The number of hydrogen-bond acceptors (Lipinski definition) is 8. The molecule has 9 nitrogen and oxygen atoms in total. The van der Waals surface area contributed by atoms with E-state index in [2.05, 4.69) is 4.99 Å². The molecule has 1 aliphatic rings. The minimum absolute atomic E-state index is 0.00636. The van der Waals surface area contributed by atoms with Crippen molar-refractivity contribution in [3.05, 3.63) is 118 Å². The molecule has 0 radical (unpaired) electrons. The third kappa shape index (κ3) is 5.03. The van der Waals surface area contributed by atoms with Crippen LogP contribution in [-0.4, -0.2) is 21.6 Å². The van der Waals surface area contributed by atoms with E-state index in [-0.39, 0.29) is 22.9 Å². The maximum absolute atomic E-state index is 13.8. The fourth-order valence-electron chi connectivity index (χ4n) is 4.61. The molecule has 40 heavy (non-hydrogen) atoms. The predicted octanol–water partition coefficient (Wildman–Crippen LogP) is 5.32. The van der Waals surface area contributed by atoms with Gasteiger partial charge in [0, 0.05) is 28.3 Å². The molecule has 1 atom stereocenters. The number of hydrogen-bond donors (Lipinski definition) is 0. The quantitative estimate of drug-likeness (QED) is 0.174. The Kier molecular flexibility index (Phi) is 7.31. The molecule has 1 aliphatic heterocycles. The molecule has 0 N–H and O–H groups in total. The molecule has 4 aromatic rings. The number of esters is 1. The summed E-state index contributed by atoms with van der Waals surface area (Å²) in [6, 6.07) is 14.4. The molecular formula is C29H24ClN3O6S. The van der Waals surface area contributed by atoms with Crippen LogP contribution in [-0.2, 0) is 9.53 Å². The van der Waals surface area contributed by atoms with Crippen molar-refractivity contribution in [2.24, 2.45) is 4.99 Å². The van der Waals surface area contributed by atoms with Crippen molar-refractivity contribution in [1.82, 2.24) is 4.57 Å². The number of nitrogens with zero attached hydrogens (tertiary/aromatic N) is 3. The first kappa shape index (κ1) is 27.3. The second kappa shape index (κ2) is 10.7. The van der Waals surface area contributed by atoms with Gasteiger partial charge >= 0.3 is 5.97 Å². The summed E-state index contributed by atoms with van der Waals surface area (Å²) in [6.45, 7) is 6.89. The van der Waals surface area contributed by atoms with Crippen molar-refractivity contribution >= 4 is 40.7 Å². The first-order valence-electron chi connectivity index (χ1n) is 12.4. The Morgan fingerprint density at radius 2 is 1.90 bits per heavy atom. The summed E-state index contributed by atoms with van der Waals surface area (Å²) in [7, 11) is 0. The summed E-state index contributed by atoms with van der Waals surface area (Å²) in [6.07, 6.45) is 1.25. The van der Waals surface area contributed by atoms with Crippen LogP contribution >= 0.6 is 22.9 Å². The Morgan fingerprint density at radius 1 is 1.18 bits per heavy atom. The Bertz CT molecular complexity index is 1860. The van der Waals surface area contributed by atoms with Crippen molar-refractivity contribution in [1.29, 1.82) is 0 Å². The van der Waals surface area contributed by atoms with E-state index in [9.17, 15) is 19.7 Å². The van der Waals surface area contributed by atoms with Crippen LogP contribution in [0.1, 0.15) is 43.7 Å². The first-order valence-corrected chi connectivity index (χ1v) is 13.6. The van der Waals surface area contributed by atoms with Crippen LogP contribution in [0.25, 0.3) is 17.4 Å². The van der Waals surface area contributed by atoms with Crippen LogP contribution in [0.3, 0.4) is 0 Å². The number of thiazole rings is 1. The van der Waals surface area contributed by atoms with E-state index < -0.39 is 16.9 Å². The second-order valence-electron chi connectivity index (χ2n) is 9.50. The number of nitro groups is 1. The number of aromatic nitrogens is 1. The number of fused-ring (bicyclic) bond motifs is 1. The highest BCUT2D eigenvalue weighted by atomic mass is 35.5. The van der Waals surface area contributed by atoms with Gasteiger partial charge in [0.05, 0.1) is 32.9 Å². The van der Waals surface area contributed by atoms with Gasteiger partial charge in [0.1, 0.15) is 11.5 Å². The SMILES string of the molecule is CC1=C(C(=O)OC(C)C)[C@H](c2ccc(Cl)cc2)n2c(s/c(=C\c3ccc(-c4cccc([N+](=O)[O-])c4C)o3)c2=O)=N1. The topological polar surface area (TPSA) is 117 Å². The van der Waals surface area contributed by atoms with E-state index in [0.29, 0.717) is 48.3 Å². The van der Waals surface area contributed by atoms with Gasteiger partial charge in [-0.1, -0.05) is 47.2 Å². The molecule has 0 bridgehead atoms. The summed E-state index contributed by atoms with van der Waals surface area (Å²) < 4.78 is 13.3. The molecular weight excluding hydrogens is 554 g/mol. The van der Waals surface area contributed by atoms with Gasteiger partial charge in [-0.15, -0.1) is 0 Å². The molecule has 204 valence electrons. The van der Waals surface area contributed by atoms with Gasteiger partial charge in [0.15, 0.2) is 4.80 Å². The molecule has 0 amide bonds. The summed E-state index contributed by atoms with van der Waals surface area (Å²) in [4.78, 5) is 42.9. The Balaban J connectivity index is 1.62. The third-order valence-corrected chi connectivity index (χ3v) is 7.67.